The molecule has 0 radical (unpaired) electrons. The van der Waals surface area contributed by atoms with Crippen LogP contribution in [0, 0.1) is 12.7 Å². The van der Waals surface area contributed by atoms with Crippen molar-refractivity contribution in [2.45, 2.75) is 25.9 Å². The van der Waals surface area contributed by atoms with Crippen molar-refractivity contribution in [1.29, 1.82) is 0 Å². The van der Waals surface area contributed by atoms with Crippen molar-refractivity contribution in [3.05, 3.63) is 90.0 Å². The number of amides is 1. The van der Waals surface area contributed by atoms with Gasteiger partial charge in [-0.1, -0.05) is 0 Å². The second-order valence-corrected chi connectivity index (χ2v) is 9.54. The highest BCUT2D eigenvalue weighted by Crippen LogP contribution is 2.27. The number of carbonyl (C=O) groups is 1. The Morgan fingerprint density at radius 3 is 2.08 bits per heavy atom. The number of halogens is 1. The molecule has 2 heterocycles. The van der Waals surface area contributed by atoms with E-state index in [2.05, 4.69) is 38.1 Å². The lowest BCUT2D eigenvalue weighted by Crippen LogP contribution is -2.35. The second-order valence-electron chi connectivity index (χ2n) is 9.54. The van der Waals surface area contributed by atoms with Gasteiger partial charge in [-0.05, 0) is 86.5 Å². The van der Waals surface area contributed by atoms with E-state index in [9.17, 15) is 14.3 Å². The van der Waals surface area contributed by atoms with E-state index in [1.54, 1.807) is 37.0 Å². The van der Waals surface area contributed by atoms with Crippen LogP contribution in [0.25, 0.3) is 0 Å². The van der Waals surface area contributed by atoms with Gasteiger partial charge in [0.1, 0.15) is 5.82 Å². The summed E-state index contributed by atoms with van der Waals surface area (Å²) in [5.41, 5.74) is 5.50. The molecule has 0 saturated carbocycles. The zero-order chi connectivity index (χ0) is 26.6. The number of hydrogen-bond acceptors (Lipinski definition) is 6. The Morgan fingerprint density at radius 1 is 0.921 bits per heavy atom. The summed E-state index contributed by atoms with van der Waals surface area (Å²) in [4.78, 5) is 14.8. The number of carbonyl (C=O) groups excluding carboxylic acids is 1. The SMILES string of the molecule is Cc1nn(C)cc1C(=O)Nc1ccc(Nc2ccc(Nc3ccc(N4CCC(O)CC4)cc3)cc2)c(F)c1. The van der Waals surface area contributed by atoms with E-state index in [1.807, 2.05) is 36.4 Å². The Morgan fingerprint density at radius 2 is 1.50 bits per heavy atom. The summed E-state index contributed by atoms with van der Waals surface area (Å²) in [5, 5.41) is 23.1. The Kier molecular flexibility index (Phi) is 7.28. The number of piperidine rings is 1. The summed E-state index contributed by atoms with van der Waals surface area (Å²) in [6, 6.07) is 20.4. The molecule has 1 aliphatic heterocycles. The molecule has 1 amide bonds. The Balaban J connectivity index is 1.17. The van der Waals surface area contributed by atoms with Gasteiger partial charge in [0.25, 0.3) is 5.91 Å². The second kappa shape index (κ2) is 10.9. The maximum absolute atomic E-state index is 14.8. The monoisotopic (exact) mass is 514 g/mol. The van der Waals surface area contributed by atoms with Gasteiger partial charge >= 0.3 is 0 Å². The van der Waals surface area contributed by atoms with Crippen LogP contribution in [0.2, 0.25) is 0 Å². The van der Waals surface area contributed by atoms with Crippen molar-refractivity contribution < 1.29 is 14.3 Å². The van der Waals surface area contributed by atoms with Crippen molar-refractivity contribution in [3.63, 3.8) is 0 Å². The van der Waals surface area contributed by atoms with Gasteiger partial charge in [-0.15, -0.1) is 0 Å². The highest BCUT2D eigenvalue weighted by atomic mass is 19.1. The van der Waals surface area contributed by atoms with E-state index in [1.165, 1.54) is 6.07 Å². The highest BCUT2D eigenvalue weighted by Gasteiger charge is 2.17. The average Bonchev–Trinajstić information content (AvgIpc) is 3.25. The first-order valence-corrected chi connectivity index (χ1v) is 12.6. The number of aliphatic hydroxyl groups excluding tert-OH is 1. The maximum atomic E-state index is 14.8. The zero-order valence-corrected chi connectivity index (χ0v) is 21.4. The van der Waals surface area contributed by atoms with Gasteiger partial charge < -0.3 is 26.0 Å². The van der Waals surface area contributed by atoms with Gasteiger partial charge in [0.2, 0.25) is 0 Å². The smallest absolute Gasteiger partial charge is 0.259 e. The van der Waals surface area contributed by atoms with Crippen LogP contribution in [-0.2, 0) is 7.05 Å². The molecule has 9 heteroatoms. The van der Waals surface area contributed by atoms with Crippen LogP contribution >= 0.6 is 0 Å². The number of rotatable bonds is 7. The molecule has 4 aromatic rings. The largest absolute Gasteiger partial charge is 0.393 e. The van der Waals surface area contributed by atoms with Gasteiger partial charge in [0, 0.05) is 54.8 Å². The summed E-state index contributed by atoms with van der Waals surface area (Å²) < 4.78 is 16.3. The van der Waals surface area contributed by atoms with Crippen LogP contribution < -0.4 is 20.9 Å². The maximum Gasteiger partial charge on any atom is 0.259 e. The molecular weight excluding hydrogens is 483 g/mol. The standard InChI is InChI=1S/C29H31FN6O2/c1-19-26(18-35(2)34-19)29(38)33-23-9-12-28(27(30)17-23)32-22-5-3-20(4-6-22)31-21-7-10-24(11-8-21)36-15-13-25(37)14-16-36/h3-12,17-18,25,31-32,37H,13-16H2,1-2H3,(H,33,38). The minimum absolute atomic E-state index is 0.185. The zero-order valence-electron chi connectivity index (χ0n) is 21.4. The predicted molar refractivity (Wildman–Crippen MR) is 149 cm³/mol. The quantitative estimate of drug-likeness (QED) is 0.258. The average molecular weight is 515 g/mol. The van der Waals surface area contributed by atoms with E-state index in [0.717, 1.165) is 48.7 Å². The third kappa shape index (κ3) is 5.95. The van der Waals surface area contributed by atoms with Gasteiger partial charge in [-0.25, -0.2) is 4.39 Å². The molecule has 1 fully saturated rings. The van der Waals surface area contributed by atoms with Gasteiger partial charge in [-0.3, -0.25) is 9.48 Å². The van der Waals surface area contributed by atoms with Crippen molar-refractivity contribution in [2.24, 2.45) is 7.05 Å². The lowest BCUT2D eigenvalue weighted by Gasteiger charge is -2.31. The molecule has 1 aromatic heterocycles. The first-order valence-electron chi connectivity index (χ1n) is 12.6. The number of aryl methyl sites for hydroxylation is 2. The van der Waals surface area contributed by atoms with Crippen LogP contribution in [-0.4, -0.2) is 40.0 Å². The van der Waals surface area contributed by atoms with Crippen LogP contribution in [0.1, 0.15) is 28.9 Å². The van der Waals surface area contributed by atoms with E-state index >= 15 is 0 Å². The summed E-state index contributed by atoms with van der Waals surface area (Å²) in [6.45, 7) is 3.49. The van der Waals surface area contributed by atoms with E-state index < -0.39 is 5.82 Å². The molecule has 0 unspecified atom stereocenters. The lowest BCUT2D eigenvalue weighted by atomic mass is 10.1. The van der Waals surface area contributed by atoms with Crippen LogP contribution in [0.5, 0.6) is 0 Å². The van der Waals surface area contributed by atoms with Gasteiger partial charge in [-0.2, -0.15) is 5.10 Å². The van der Waals surface area contributed by atoms with Crippen molar-refractivity contribution in [1.82, 2.24) is 9.78 Å². The van der Waals surface area contributed by atoms with Gasteiger partial charge in [0.15, 0.2) is 0 Å². The molecule has 196 valence electrons. The van der Waals surface area contributed by atoms with E-state index in [-0.39, 0.29) is 12.0 Å². The molecule has 0 bridgehead atoms. The number of hydrogen-bond donors (Lipinski definition) is 4. The summed E-state index contributed by atoms with van der Waals surface area (Å²) in [7, 11) is 1.74. The van der Waals surface area contributed by atoms with E-state index in [0.29, 0.717) is 22.6 Å². The number of benzene rings is 3. The summed E-state index contributed by atoms with van der Waals surface area (Å²) in [6.07, 6.45) is 3.05. The Bertz CT molecular complexity index is 1410. The van der Waals surface area contributed by atoms with Crippen LogP contribution in [0.15, 0.2) is 72.9 Å². The Labute approximate surface area is 221 Å². The number of anilines is 6. The first-order chi connectivity index (χ1) is 18.3. The number of nitrogens with zero attached hydrogens (tertiary/aromatic N) is 3. The molecule has 8 nitrogen and oxygen atoms in total. The minimum Gasteiger partial charge on any atom is -0.393 e. The van der Waals surface area contributed by atoms with E-state index in [4.69, 9.17) is 0 Å². The normalized spacial score (nSPS) is 13.8. The van der Waals surface area contributed by atoms with Gasteiger partial charge in [0.05, 0.1) is 23.0 Å². The molecule has 0 atom stereocenters. The molecule has 0 aliphatic carbocycles. The lowest BCUT2D eigenvalue weighted by molar-refractivity contribution is 0.102. The van der Waals surface area contributed by atoms with Crippen LogP contribution in [0.4, 0.5) is 38.5 Å². The van der Waals surface area contributed by atoms with Crippen molar-refractivity contribution in [3.8, 4) is 0 Å². The number of aliphatic hydroxyl groups is 1. The Hall–Kier alpha value is -4.37. The molecule has 5 rings (SSSR count). The van der Waals surface area contributed by atoms with Crippen molar-refractivity contribution in [2.75, 3.05) is 33.9 Å². The molecular formula is C29H31FN6O2. The van der Waals surface area contributed by atoms with Crippen molar-refractivity contribution >= 4 is 40.0 Å². The number of nitrogens with one attached hydrogen (secondary N) is 3. The highest BCUT2D eigenvalue weighted by molar-refractivity contribution is 6.05. The fourth-order valence-corrected chi connectivity index (χ4v) is 4.55. The third-order valence-corrected chi connectivity index (χ3v) is 6.63. The fraction of sp³-hybridized carbons (Fsp3) is 0.241. The minimum atomic E-state index is -0.476. The first kappa shape index (κ1) is 25.3. The van der Waals surface area contributed by atoms with Crippen LogP contribution in [0.3, 0.4) is 0 Å². The molecule has 1 saturated heterocycles. The molecule has 3 aromatic carbocycles. The topological polar surface area (TPSA) is 94.5 Å². The molecule has 1 aliphatic rings. The summed E-state index contributed by atoms with van der Waals surface area (Å²) in [5.74, 6) is -0.809. The molecule has 4 N–H and O–H groups in total. The summed E-state index contributed by atoms with van der Waals surface area (Å²) >= 11 is 0. The third-order valence-electron chi connectivity index (χ3n) is 6.63. The molecule has 38 heavy (non-hydrogen) atoms. The fourth-order valence-electron chi connectivity index (χ4n) is 4.55. The molecule has 0 spiro atoms. The predicted octanol–water partition coefficient (Wildman–Crippen LogP) is 5.57. The number of aromatic nitrogens is 2.